The lowest BCUT2D eigenvalue weighted by Crippen LogP contribution is -2.23. The van der Waals surface area contributed by atoms with Gasteiger partial charge >= 0.3 is 0 Å². The lowest BCUT2D eigenvalue weighted by atomic mass is 10.4. The van der Waals surface area contributed by atoms with Crippen molar-refractivity contribution in [2.75, 3.05) is 6.61 Å². The Labute approximate surface area is 56.6 Å². The third kappa shape index (κ3) is 35.1. The van der Waals surface area contributed by atoms with E-state index in [4.69, 9.17) is 5.73 Å². The zero-order valence-corrected chi connectivity index (χ0v) is 6.13. The Balaban J connectivity index is 0. The van der Waals surface area contributed by atoms with Crippen LogP contribution < -0.4 is 11.6 Å². The maximum Gasteiger partial charge on any atom is 0.0827 e. The standard InChI is InChI=1S/C3H10N2O.C3H6/c1-3(4)2-6-5;1-3-2/h3H,2,4-5H2,1H3;3H,1H2,2H3. The van der Waals surface area contributed by atoms with E-state index in [1.54, 1.807) is 6.08 Å². The maximum atomic E-state index is 5.20. The predicted molar refractivity (Wildman–Crippen MR) is 39.7 cm³/mol. The summed E-state index contributed by atoms with van der Waals surface area (Å²) in [5, 5.41) is 0. The summed E-state index contributed by atoms with van der Waals surface area (Å²) in [5.41, 5.74) is 5.20. The number of hydrogen-bond acceptors (Lipinski definition) is 3. The fourth-order valence-electron chi connectivity index (χ4n) is 0.152. The van der Waals surface area contributed by atoms with Crippen LogP contribution >= 0.6 is 0 Å². The molecule has 0 aromatic rings. The van der Waals surface area contributed by atoms with Crippen molar-refractivity contribution in [2.45, 2.75) is 19.9 Å². The lowest BCUT2D eigenvalue weighted by Gasteiger charge is -1.97. The second-order valence-electron chi connectivity index (χ2n) is 1.72. The first-order valence-electron chi connectivity index (χ1n) is 2.83. The molecule has 0 heterocycles. The summed E-state index contributed by atoms with van der Waals surface area (Å²) in [5.74, 6) is 4.65. The molecule has 1 atom stereocenters. The van der Waals surface area contributed by atoms with Gasteiger partial charge in [-0.25, -0.2) is 5.90 Å². The molecule has 1 unspecified atom stereocenters. The molecule has 9 heavy (non-hydrogen) atoms. The van der Waals surface area contributed by atoms with Crippen LogP contribution in [0.2, 0.25) is 0 Å². The predicted octanol–water partition coefficient (Wildman–Crippen LogP) is 0.416. The molecule has 0 spiro atoms. The molecule has 0 aliphatic heterocycles. The Bertz CT molecular complexity index is 55.0. The third-order valence-electron chi connectivity index (χ3n) is 0.359. The first kappa shape index (κ1) is 11.4. The van der Waals surface area contributed by atoms with Crippen molar-refractivity contribution in [1.29, 1.82) is 0 Å². The van der Waals surface area contributed by atoms with E-state index in [9.17, 15) is 0 Å². The first-order valence-corrected chi connectivity index (χ1v) is 2.83. The molecule has 0 fully saturated rings. The van der Waals surface area contributed by atoms with Crippen molar-refractivity contribution in [3.63, 3.8) is 0 Å². The summed E-state index contributed by atoms with van der Waals surface area (Å²) >= 11 is 0. The van der Waals surface area contributed by atoms with Gasteiger partial charge in [-0.2, -0.15) is 0 Å². The van der Waals surface area contributed by atoms with E-state index in [0.29, 0.717) is 6.61 Å². The molecule has 0 aromatic heterocycles. The summed E-state index contributed by atoms with van der Waals surface area (Å²) in [6.07, 6.45) is 1.75. The van der Waals surface area contributed by atoms with Gasteiger partial charge in [-0.1, -0.05) is 6.08 Å². The quantitative estimate of drug-likeness (QED) is 0.422. The van der Waals surface area contributed by atoms with Gasteiger partial charge in [0, 0.05) is 6.04 Å². The van der Waals surface area contributed by atoms with Gasteiger partial charge in [0.15, 0.2) is 0 Å². The molecule has 0 aliphatic carbocycles. The largest absolute Gasteiger partial charge is 0.326 e. The Morgan fingerprint density at radius 1 is 1.78 bits per heavy atom. The van der Waals surface area contributed by atoms with Gasteiger partial charge in [0.1, 0.15) is 0 Å². The molecule has 3 nitrogen and oxygen atoms in total. The highest BCUT2D eigenvalue weighted by molar-refractivity contribution is 4.51. The van der Waals surface area contributed by atoms with Gasteiger partial charge in [0.25, 0.3) is 0 Å². The van der Waals surface area contributed by atoms with E-state index in [2.05, 4.69) is 17.3 Å². The minimum absolute atomic E-state index is 0.0509. The summed E-state index contributed by atoms with van der Waals surface area (Å²) in [4.78, 5) is 4.18. The average Bonchev–Trinajstić information content (AvgIpc) is 1.67. The van der Waals surface area contributed by atoms with Crippen LogP contribution in [0.5, 0.6) is 0 Å². The number of allylic oxidation sites excluding steroid dienone is 1. The highest BCUT2D eigenvalue weighted by Crippen LogP contribution is 1.68. The van der Waals surface area contributed by atoms with Crippen LogP contribution in [0.1, 0.15) is 13.8 Å². The van der Waals surface area contributed by atoms with Crippen molar-refractivity contribution >= 4 is 0 Å². The molecule has 56 valence electrons. The van der Waals surface area contributed by atoms with Crippen molar-refractivity contribution in [3.05, 3.63) is 12.7 Å². The third-order valence-corrected chi connectivity index (χ3v) is 0.359. The van der Waals surface area contributed by atoms with E-state index in [-0.39, 0.29) is 6.04 Å². The Kier molecular flexibility index (Phi) is 13.4. The van der Waals surface area contributed by atoms with Crippen LogP contribution in [0.15, 0.2) is 12.7 Å². The number of rotatable bonds is 2. The molecule has 0 bridgehead atoms. The molecule has 0 radical (unpaired) electrons. The minimum atomic E-state index is 0.0509. The van der Waals surface area contributed by atoms with Gasteiger partial charge in [-0.3, -0.25) is 0 Å². The van der Waals surface area contributed by atoms with Gasteiger partial charge in [-0.05, 0) is 13.8 Å². The fourth-order valence-corrected chi connectivity index (χ4v) is 0.152. The second kappa shape index (κ2) is 10.6. The average molecular weight is 132 g/mol. The van der Waals surface area contributed by atoms with Crippen LogP contribution in [0.3, 0.4) is 0 Å². The number of hydrogen-bond donors (Lipinski definition) is 2. The highest BCUT2D eigenvalue weighted by atomic mass is 16.6. The van der Waals surface area contributed by atoms with Crippen LogP contribution in [0, 0.1) is 0 Å². The smallest absolute Gasteiger partial charge is 0.0827 e. The monoisotopic (exact) mass is 132 g/mol. The van der Waals surface area contributed by atoms with Crippen LogP contribution in [-0.4, -0.2) is 12.6 Å². The van der Waals surface area contributed by atoms with Gasteiger partial charge in [0.2, 0.25) is 0 Å². The minimum Gasteiger partial charge on any atom is -0.326 e. The van der Waals surface area contributed by atoms with E-state index in [1.165, 1.54) is 0 Å². The molecular weight excluding hydrogens is 116 g/mol. The summed E-state index contributed by atoms with van der Waals surface area (Å²) < 4.78 is 0. The maximum absolute atomic E-state index is 5.20. The van der Waals surface area contributed by atoms with Crippen molar-refractivity contribution in [1.82, 2.24) is 0 Å². The highest BCUT2D eigenvalue weighted by Gasteiger charge is 1.86. The normalized spacial score (nSPS) is 11.1. The van der Waals surface area contributed by atoms with Gasteiger partial charge in [0.05, 0.1) is 6.61 Å². The topological polar surface area (TPSA) is 61.3 Å². The number of nitrogens with two attached hydrogens (primary N) is 2. The van der Waals surface area contributed by atoms with E-state index < -0.39 is 0 Å². The van der Waals surface area contributed by atoms with Gasteiger partial charge < -0.3 is 10.6 Å². The Morgan fingerprint density at radius 3 is 2.11 bits per heavy atom. The van der Waals surface area contributed by atoms with Crippen LogP contribution in [0.25, 0.3) is 0 Å². The second-order valence-corrected chi connectivity index (χ2v) is 1.72. The fraction of sp³-hybridized carbons (Fsp3) is 0.667. The lowest BCUT2D eigenvalue weighted by molar-refractivity contribution is 0.128. The zero-order valence-electron chi connectivity index (χ0n) is 6.13. The Morgan fingerprint density at radius 2 is 2.11 bits per heavy atom. The first-order chi connectivity index (χ1) is 4.18. The zero-order chi connectivity index (χ0) is 7.70. The summed E-state index contributed by atoms with van der Waals surface area (Å²) in [6.45, 7) is 7.51. The molecule has 0 aliphatic rings. The van der Waals surface area contributed by atoms with E-state index in [1.807, 2.05) is 13.8 Å². The Hall–Kier alpha value is -0.380. The molecule has 0 amide bonds. The SMILES string of the molecule is C=CC.CC(N)CON. The molecule has 0 saturated heterocycles. The molecule has 0 aromatic carbocycles. The molecule has 4 N–H and O–H groups in total. The summed E-state index contributed by atoms with van der Waals surface area (Å²) in [6, 6.07) is 0.0509. The van der Waals surface area contributed by atoms with Crippen LogP contribution in [0.4, 0.5) is 0 Å². The van der Waals surface area contributed by atoms with Crippen LogP contribution in [-0.2, 0) is 4.84 Å². The van der Waals surface area contributed by atoms with Gasteiger partial charge in [-0.15, -0.1) is 6.58 Å². The van der Waals surface area contributed by atoms with Crippen molar-refractivity contribution in [3.8, 4) is 0 Å². The molecule has 0 saturated carbocycles. The van der Waals surface area contributed by atoms with Crippen molar-refractivity contribution in [2.24, 2.45) is 11.6 Å². The van der Waals surface area contributed by atoms with Crippen molar-refractivity contribution < 1.29 is 4.84 Å². The molecule has 3 heteroatoms. The molecular formula is C6H16N2O. The van der Waals surface area contributed by atoms with E-state index in [0.717, 1.165) is 0 Å². The van der Waals surface area contributed by atoms with E-state index >= 15 is 0 Å². The molecule has 0 rings (SSSR count). The summed E-state index contributed by atoms with van der Waals surface area (Å²) in [7, 11) is 0.